The molecule has 0 aliphatic carbocycles. The van der Waals surface area contributed by atoms with Crippen LogP contribution in [-0.2, 0) is 10.0 Å². The Morgan fingerprint density at radius 2 is 1.80 bits per heavy atom. The molecule has 0 amide bonds. The van der Waals surface area contributed by atoms with Gasteiger partial charge in [-0.1, -0.05) is 23.6 Å². The third-order valence-electron chi connectivity index (χ3n) is 5.47. The van der Waals surface area contributed by atoms with Crippen molar-refractivity contribution in [1.29, 1.82) is 0 Å². The number of benzene rings is 3. The lowest BCUT2D eigenvalue weighted by Gasteiger charge is -2.14. The zero-order valence-corrected chi connectivity index (χ0v) is 19.7. The molecule has 0 saturated carbocycles. The number of aromatic nitrogens is 1. The minimum atomic E-state index is -3.95. The molecule has 0 atom stereocenters. The number of nitrogens with two attached hydrogens (primary N) is 1. The Hall–Kier alpha value is -4.16. The third kappa shape index (κ3) is 4.48. The van der Waals surface area contributed by atoms with Crippen molar-refractivity contribution >= 4 is 26.8 Å². The number of aliphatic imine (C=N–C) groups is 1. The minimum Gasteiger partial charge on any atom is -0.454 e. The average molecular weight is 494 g/mol. The minimum absolute atomic E-state index is 0.0246. The fraction of sp³-hybridized carbons (Fsp3) is 0.115. The molecule has 0 bridgehead atoms. The van der Waals surface area contributed by atoms with Crippen molar-refractivity contribution in [3.05, 3.63) is 89.1 Å². The summed E-state index contributed by atoms with van der Waals surface area (Å²) in [6.07, 6.45) is 6.53. The van der Waals surface area contributed by atoms with Crippen molar-refractivity contribution in [3.8, 4) is 23.8 Å². The van der Waals surface area contributed by atoms with Crippen LogP contribution < -0.4 is 10.5 Å². The van der Waals surface area contributed by atoms with E-state index in [1.807, 2.05) is 6.92 Å². The van der Waals surface area contributed by atoms with E-state index in [9.17, 15) is 12.8 Å². The highest BCUT2D eigenvalue weighted by Gasteiger charge is 2.22. The van der Waals surface area contributed by atoms with Crippen molar-refractivity contribution < 1.29 is 21.9 Å². The van der Waals surface area contributed by atoms with E-state index in [2.05, 4.69) is 10.9 Å². The number of terminal acetylenes is 1. The highest BCUT2D eigenvalue weighted by atomic mass is 32.2. The summed E-state index contributed by atoms with van der Waals surface area (Å²) < 4.78 is 62.5. The lowest BCUT2D eigenvalue weighted by molar-refractivity contribution is 0.439. The highest BCUT2D eigenvalue weighted by Crippen LogP contribution is 2.36. The SMILES string of the molecule is C#CCN=C(N)c1cc(Oc2c(F)cc3c(ccn3S(=O)(=O)c3ccc(C)cc3)c2C)ccc1F. The number of halogens is 2. The first-order chi connectivity index (χ1) is 16.6. The standard InChI is InChI=1S/C26H21F2N3O3S/c1-4-12-30-26(29)21-14-18(7-10-22(21)27)34-25-17(3)20-11-13-31(24(20)15-23(25)28)35(32,33)19-8-5-16(2)6-9-19/h1,5-11,13-15H,12H2,2-3H3,(H2,29,30). The smallest absolute Gasteiger partial charge is 0.268 e. The van der Waals surface area contributed by atoms with Gasteiger partial charge in [-0.25, -0.2) is 21.2 Å². The Kier molecular flexibility index (Phi) is 6.33. The summed E-state index contributed by atoms with van der Waals surface area (Å²) in [5.41, 5.74) is 7.22. The van der Waals surface area contributed by atoms with Crippen molar-refractivity contribution in [3.63, 3.8) is 0 Å². The lowest BCUT2D eigenvalue weighted by atomic mass is 10.1. The fourth-order valence-corrected chi connectivity index (χ4v) is 4.97. The lowest BCUT2D eigenvalue weighted by Crippen LogP contribution is -2.16. The van der Waals surface area contributed by atoms with E-state index in [0.717, 1.165) is 21.7 Å². The number of hydrogen-bond acceptors (Lipinski definition) is 4. The summed E-state index contributed by atoms with van der Waals surface area (Å²) in [7, 11) is -3.95. The second-order valence-corrected chi connectivity index (χ2v) is 9.64. The highest BCUT2D eigenvalue weighted by molar-refractivity contribution is 7.90. The Morgan fingerprint density at radius 1 is 1.09 bits per heavy atom. The van der Waals surface area contributed by atoms with Crippen LogP contribution in [0.2, 0.25) is 0 Å². The number of aryl methyl sites for hydroxylation is 2. The first kappa shape index (κ1) is 24.0. The maximum Gasteiger partial charge on any atom is 0.268 e. The summed E-state index contributed by atoms with van der Waals surface area (Å²) in [6, 6.07) is 12.8. The predicted molar refractivity (Wildman–Crippen MR) is 131 cm³/mol. The van der Waals surface area contributed by atoms with Gasteiger partial charge in [-0.3, -0.25) is 4.99 Å². The molecular weight excluding hydrogens is 472 g/mol. The second-order valence-electron chi connectivity index (χ2n) is 7.82. The molecule has 1 aromatic heterocycles. The van der Waals surface area contributed by atoms with Crippen LogP contribution in [-0.4, -0.2) is 24.8 Å². The average Bonchev–Trinajstić information content (AvgIpc) is 3.26. The summed E-state index contributed by atoms with van der Waals surface area (Å²) in [5.74, 6) is 0.743. The van der Waals surface area contributed by atoms with E-state index in [4.69, 9.17) is 16.9 Å². The Labute approximate surface area is 201 Å². The third-order valence-corrected chi connectivity index (χ3v) is 7.17. The monoisotopic (exact) mass is 493 g/mol. The molecule has 2 N–H and O–H groups in total. The molecule has 4 aromatic rings. The van der Waals surface area contributed by atoms with Crippen LogP contribution in [0.3, 0.4) is 0 Å². The number of hydrogen-bond donors (Lipinski definition) is 1. The van der Waals surface area contributed by atoms with Gasteiger partial charge in [0, 0.05) is 23.2 Å². The molecule has 6 nitrogen and oxygen atoms in total. The predicted octanol–water partition coefficient (Wildman–Crippen LogP) is 4.90. The van der Waals surface area contributed by atoms with Gasteiger partial charge in [-0.05, 0) is 50.2 Å². The molecule has 4 rings (SSSR count). The van der Waals surface area contributed by atoms with Crippen molar-refractivity contribution in [2.45, 2.75) is 18.7 Å². The van der Waals surface area contributed by atoms with Gasteiger partial charge in [0.1, 0.15) is 23.9 Å². The number of ether oxygens (including phenoxy) is 1. The van der Waals surface area contributed by atoms with Gasteiger partial charge >= 0.3 is 0 Å². The second kappa shape index (κ2) is 9.24. The molecule has 0 aliphatic heterocycles. The fourth-order valence-electron chi connectivity index (χ4n) is 3.63. The zero-order chi connectivity index (χ0) is 25.3. The Balaban J connectivity index is 1.76. The number of nitrogens with zero attached hydrogens (tertiary/aromatic N) is 2. The number of amidine groups is 1. The van der Waals surface area contributed by atoms with Gasteiger partial charge in [-0.15, -0.1) is 6.42 Å². The number of fused-ring (bicyclic) bond motifs is 1. The summed E-state index contributed by atoms with van der Waals surface area (Å²) in [4.78, 5) is 3.97. The van der Waals surface area contributed by atoms with E-state index >= 15 is 4.39 Å². The maximum atomic E-state index is 15.2. The van der Waals surface area contributed by atoms with Gasteiger partial charge in [0.2, 0.25) is 0 Å². The molecule has 35 heavy (non-hydrogen) atoms. The molecular formula is C26H21F2N3O3S. The molecule has 1 heterocycles. The summed E-state index contributed by atoms with van der Waals surface area (Å²) in [5, 5.41) is 0.481. The molecule has 0 fully saturated rings. The van der Waals surface area contributed by atoms with E-state index in [1.54, 1.807) is 25.1 Å². The van der Waals surface area contributed by atoms with Crippen LogP contribution in [0.1, 0.15) is 16.7 Å². The molecule has 0 saturated heterocycles. The molecule has 0 spiro atoms. The molecule has 0 radical (unpaired) electrons. The topological polar surface area (TPSA) is 86.7 Å². The van der Waals surface area contributed by atoms with E-state index in [1.165, 1.54) is 30.5 Å². The first-order valence-electron chi connectivity index (χ1n) is 10.5. The van der Waals surface area contributed by atoms with E-state index in [0.29, 0.717) is 10.9 Å². The van der Waals surface area contributed by atoms with Gasteiger partial charge in [-0.2, -0.15) is 0 Å². The molecule has 0 unspecified atom stereocenters. The molecule has 3 aromatic carbocycles. The quantitative estimate of drug-likeness (QED) is 0.235. The Bertz CT molecular complexity index is 1620. The van der Waals surface area contributed by atoms with Crippen molar-refractivity contribution in [2.24, 2.45) is 10.7 Å². The normalized spacial score (nSPS) is 12.0. The van der Waals surface area contributed by atoms with Crippen molar-refractivity contribution in [2.75, 3.05) is 6.54 Å². The van der Waals surface area contributed by atoms with Crippen LogP contribution in [0.25, 0.3) is 10.9 Å². The van der Waals surface area contributed by atoms with Crippen LogP contribution in [0.4, 0.5) is 8.78 Å². The molecule has 0 aliphatic rings. The maximum absolute atomic E-state index is 15.2. The zero-order valence-electron chi connectivity index (χ0n) is 18.9. The van der Waals surface area contributed by atoms with Gasteiger partial charge in [0.05, 0.1) is 16.0 Å². The largest absolute Gasteiger partial charge is 0.454 e. The van der Waals surface area contributed by atoms with Gasteiger partial charge in [0.15, 0.2) is 11.6 Å². The summed E-state index contributed by atoms with van der Waals surface area (Å²) >= 11 is 0. The first-order valence-corrected chi connectivity index (χ1v) is 11.9. The van der Waals surface area contributed by atoms with Gasteiger partial charge in [0.25, 0.3) is 10.0 Å². The molecule has 178 valence electrons. The Morgan fingerprint density at radius 3 is 2.49 bits per heavy atom. The van der Waals surface area contributed by atoms with E-state index in [-0.39, 0.29) is 39.9 Å². The van der Waals surface area contributed by atoms with Crippen LogP contribution >= 0.6 is 0 Å². The van der Waals surface area contributed by atoms with Gasteiger partial charge < -0.3 is 10.5 Å². The summed E-state index contributed by atoms with van der Waals surface area (Å²) in [6.45, 7) is 3.43. The van der Waals surface area contributed by atoms with Crippen molar-refractivity contribution in [1.82, 2.24) is 3.97 Å². The van der Waals surface area contributed by atoms with E-state index < -0.39 is 21.7 Å². The van der Waals surface area contributed by atoms with Crippen LogP contribution in [0.15, 0.2) is 70.7 Å². The van der Waals surface area contributed by atoms with Crippen LogP contribution in [0, 0.1) is 37.8 Å². The molecule has 9 heteroatoms. The van der Waals surface area contributed by atoms with Crippen LogP contribution in [0.5, 0.6) is 11.5 Å². The number of rotatable bonds is 6.